The van der Waals surface area contributed by atoms with Gasteiger partial charge >= 0.3 is 35.5 Å². The van der Waals surface area contributed by atoms with Crippen molar-refractivity contribution in [2.45, 2.75) is 18.3 Å². The van der Waals surface area contributed by atoms with Crippen molar-refractivity contribution in [1.29, 1.82) is 0 Å². The number of fused-ring (bicyclic) bond motifs is 1. The van der Waals surface area contributed by atoms with Crippen LogP contribution in [0.1, 0.15) is 12.6 Å². The van der Waals surface area contributed by atoms with E-state index in [4.69, 9.17) is 15.3 Å². The van der Waals surface area contributed by atoms with E-state index in [2.05, 4.69) is 31.4 Å². The second kappa shape index (κ2) is 12.2. The molecular formula is C17H17BrN5NaO7S2. The van der Waals surface area contributed by atoms with Crippen LogP contribution in [0.15, 0.2) is 21.8 Å². The molecule has 1 saturated heterocycles. The Morgan fingerprint density at radius 3 is 2.76 bits per heavy atom. The molecule has 0 saturated carbocycles. The van der Waals surface area contributed by atoms with Crippen molar-refractivity contribution >= 4 is 73.6 Å². The van der Waals surface area contributed by atoms with Gasteiger partial charge in [0, 0.05) is 29.0 Å². The topological polar surface area (TPSA) is 176 Å². The van der Waals surface area contributed by atoms with E-state index in [1.54, 1.807) is 0 Å². The first-order valence-corrected chi connectivity index (χ1v) is 12.1. The number of alkyl halides is 1. The third-order valence-corrected chi connectivity index (χ3v) is 6.62. The van der Waals surface area contributed by atoms with E-state index >= 15 is 0 Å². The second-order valence-corrected chi connectivity index (χ2v) is 9.20. The second-order valence-electron chi connectivity index (χ2n) is 6.41. The Bertz CT molecular complexity index is 1020. The molecule has 2 aliphatic rings. The molecule has 0 aromatic carbocycles. The standard InChI is InChI=1S/C17H18BrN5O7S2.Na/c1-7(24)29-4-8-5-31-15-11(14(26)23(15)12(8)16(27)28)21-13(25)10(22-30-3-2-18)9-6-32-17(19)20-9;/h6,11,15H,2-5H2,1H3,(H2,19,20)(H,21,25)(H,27,28);/q;+1/p-1/t11?,15-;/m1./s1. The summed E-state index contributed by atoms with van der Waals surface area (Å²) in [5, 5.41) is 19.6. The van der Waals surface area contributed by atoms with Crippen molar-refractivity contribution in [3.8, 4) is 0 Å². The first kappa shape index (κ1) is 27.6. The molecule has 3 heterocycles. The number of β-lactam (4-membered cyclic amide) rings is 1. The number of amides is 2. The number of hydrogen-bond acceptors (Lipinski definition) is 12. The Balaban J connectivity index is 0.00000385. The number of carbonyl (C=O) groups is 4. The number of rotatable bonds is 9. The van der Waals surface area contributed by atoms with Crippen molar-refractivity contribution < 1.29 is 63.4 Å². The van der Waals surface area contributed by atoms with Gasteiger partial charge in [0.15, 0.2) is 10.8 Å². The average molecular weight is 570 g/mol. The number of thioether (sulfide) groups is 1. The number of hydrogen-bond donors (Lipinski definition) is 2. The zero-order valence-electron chi connectivity index (χ0n) is 17.5. The SMILES string of the molecule is CC(=O)OCC1=C(C(=O)[O-])N2C(=O)C(NC(=O)C(=NOCCBr)c3csc(N)n3)[C@H]2SC1.[Na+]. The van der Waals surface area contributed by atoms with Gasteiger partial charge in [-0.05, 0) is 0 Å². The third-order valence-electron chi connectivity index (χ3n) is 4.28. The molecule has 2 amide bonds. The third kappa shape index (κ3) is 6.27. The number of nitrogens with zero attached hydrogens (tertiary/aromatic N) is 3. The van der Waals surface area contributed by atoms with E-state index in [9.17, 15) is 24.3 Å². The summed E-state index contributed by atoms with van der Waals surface area (Å²) in [5.41, 5.74) is 5.52. The van der Waals surface area contributed by atoms with Gasteiger partial charge in [0.25, 0.3) is 11.8 Å². The van der Waals surface area contributed by atoms with Gasteiger partial charge in [-0.15, -0.1) is 23.1 Å². The van der Waals surface area contributed by atoms with Crippen LogP contribution in [0.3, 0.4) is 0 Å². The summed E-state index contributed by atoms with van der Waals surface area (Å²) in [4.78, 5) is 58.4. The summed E-state index contributed by atoms with van der Waals surface area (Å²) < 4.78 is 4.87. The van der Waals surface area contributed by atoms with Crippen molar-refractivity contribution in [2.24, 2.45) is 5.16 Å². The fourth-order valence-electron chi connectivity index (χ4n) is 2.93. The number of carbonyl (C=O) groups excluding carboxylic acids is 4. The fourth-order valence-corrected chi connectivity index (χ4v) is 4.95. The number of esters is 1. The Morgan fingerprint density at radius 1 is 1.45 bits per heavy atom. The smallest absolute Gasteiger partial charge is 0.543 e. The normalized spacial score (nSPS) is 19.8. The molecule has 0 spiro atoms. The Morgan fingerprint density at radius 2 is 2.18 bits per heavy atom. The molecule has 2 atom stereocenters. The van der Waals surface area contributed by atoms with E-state index in [1.807, 2.05) is 0 Å². The van der Waals surface area contributed by atoms with Crippen LogP contribution in [-0.4, -0.2) is 75.1 Å². The van der Waals surface area contributed by atoms with E-state index in [1.165, 1.54) is 24.1 Å². The zero-order chi connectivity index (χ0) is 23.4. The summed E-state index contributed by atoms with van der Waals surface area (Å²) in [5.74, 6) is -3.35. The molecule has 3 rings (SSSR count). The van der Waals surface area contributed by atoms with Crippen LogP contribution in [0.4, 0.5) is 5.13 Å². The van der Waals surface area contributed by atoms with Crippen LogP contribution in [0.25, 0.3) is 0 Å². The number of halogens is 1. The minimum absolute atomic E-state index is 0. The summed E-state index contributed by atoms with van der Waals surface area (Å²) in [7, 11) is 0. The number of aromatic nitrogens is 1. The quantitative estimate of drug-likeness (QED) is 0.0563. The van der Waals surface area contributed by atoms with Gasteiger partial charge in [-0.3, -0.25) is 19.3 Å². The Kier molecular flexibility index (Phi) is 10.2. The predicted octanol–water partition coefficient (Wildman–Crippen LogP) is -4.19. The first-order chi connectivity index (χ1) is 15.2. The molecule has 0 radical (unpaired) electrons. The number of aliphatic carboxylic acids is 1. The molecule has 0 bridgehead atoms. The van der Waals surface area contributed by atoms with Crippen LogP contribution >= 0.6 is 39.0 Å². The molecule has 1 fully saturated rings. The van der Waals surface area contributed by atoms with Gasteiger partial charge in [0.1, 0.15) is 30.3 Å². The average Bonchev–Trinajstić information content (AvgIpc) is 3.18. The zero-order valence-corrected chi connectivity index (χ0v) is 22.8. The largest absolute Gasteiger partial charge is 1.00 e. The van der Waals surface area contributed by atoms with Gasteiger partial charge in [-0.1, -0.05) is 21.1 Å². The number of ether oxygens (including phenoxy) is 1. The number of thiazole rings is 1. The summed E-state index contributed by atoms with van der Waals surface area (Å²) >= 11 is 5.50. The number of anilines is 1. The molecule has 1 aromatic heterocycles. The Labute approximate surface area is 226 Å². The molecule has 1 aromatic rings. The molecule has 1 unspecified atom stereocenters. The maximum Gasteiger partial charge on any atom is 1.00 e. The van der Waals surface area contributed by atoms with Crippen molar-refractivity contribution in [1.82, 2.24) is 15.2 Å². The van der Waals surface area contributed by atoms with Crippen LogP contribution in [-0.2, 0) is 28.8 Å². The van der Waals surface area contributed by atoms with Crippen LogP contribution in [0, 0.1) is 0 Å². The maximum absolute atomic E-state index is 12.8. The fraction of sp³-hybridized carbons (Fsp3) is 0.412. The first-order valence-electron chi connectivity index (χ1n) is 9.04. The summed E-state index contributed by atoms with van der Waals surface area (Å²) in [6, 6.07) is -1.01. The van der Waals surface area contributed by atoms with E-state index in [0.717, 1.165) is 16.2 Å². The molecule has 0 aliphatic carbocycles. The number of nitrogens with one attached hydrogen (secondary N) is 1. The number of carboxylic acid groups (broad SMARTS) is 1. The van der Waals surface area contributed by atoms with Crippen LogP contribution < -0.4 is 45.7 Å². The van der Waals surface area contributed by atoms with Crippen LogP contribution in [0.2, 0.25) is 0 Å². The van der Waals surface area contributed by atoms with E-state index in [-0.39, 0.29) is 76.3 Å². The summed E-state index contributed by atoms with van der Waals surface area (Å²) in [6.07, 6.45) is 0. The van der Waals surface area contributed by atoms with Gasteiger partial charge in [0.05, 0.1) is 11.7 Å². The number of nitrogen functional groups attached to an aromatic ring is 1. The molecule has 2 aliphatic heterocycles. The minimum Gasteiger partial charge on any atom is -0.543 e. The molecular weight excluding hydrogens is 553 g/mol. The van der Waals surface area contributed by atoms with Gasteiger partial charge in [0.2, 0.25) is 0 Å². The minimum atomic E-state index is -1.57. The summed E-state index contributed by atoms with van der Waals surface area (Å²) in [6.45, 7) is 1.11. The number of nitrogens with two attached hydrogens (primary N) is 1. The predicted molar refractivity (Wildman–Crippen MR) is 116 cm³/mol. The molecule has 33 heavy (non-hydrogen) atoms. The van der Waals surface area contributed by atoms with Gasteiger partial charge < -0.3 is 30.5 Å². The van der Waals surface area contributed by atoms with Crippen molar-refractivity contribution in [3.05, 3.63) is 22.3 Å². The van der Waals surface area contributed by atoms with Gasteiger partial charge in [-0.25, -0.2) is 4.98 Å². The molecule has 3 N–H and O–H groups in total. The van der Waals surface area contributed by atoms with E-state index in [0.29, 0.717) is 5.33 Å². The van der Waals surface area contributed by atoms with Crippen molar-refractivity contribution in [3.63, 3.8) is 0 Å². The van der Waals surface area contributed by atoms with Crippen molar-refractivity contribution in [2.75, 3.05) is 30.0 Å². The Hall–Kier alpha value is -1.65. The number of oxime groups is 1. The monoisotopic (exact) mass is 569 g/mol. The van der Waals surface area contributed by atoms with Gasteiger partial charge in [-0.2, -0.15) is 0 Å². The molecule has 172 valence electrons. The molecule has 16 heteroatoms. The number of carboxylic acids is 1. The van der Waals surface area contributed by atoms with E-state index < -0.39 is 35.2 Å². The molecule has 12 nitrogen and oxygen atoms in total. The maximum atomic E-state index is 12.8. The van der Waals surface area contributed by atoms with Crippen LogP contribution in [0.5, 0.6) is 0 Å².